The van der Waals surface area contributed by atoms with Crippen molar-refractivity contribution in [2.45, 2.75) is 26.9 Å². The first-order valence-electron chi connectivity index (χ1n) is 29.7. The average Bonchev–Trinajstić information content (AvgIpc) is 1.21. The van der Waals surface area contributed by atoms with Crippen molar-refractivity contribution in [3.05, 3.63) is 251 Å². The van der Waals surface area contributed by atoms with E-state index in [2.05, 4.69) is 35.1 Å². The summed E-state index contributed by atoms with van der Waals surface area (Å²) in [7, 11) is 0. The number of aromatic nitrogens is 2. The fourth-order valence-corrected chi connectivity index (χ4v) is 15.0. The molecule has 0 radical (unpaired) electrons. The van der Waals surface area contributed by atoms with E-state index in [0.29, 0.717) is 66.5 Å². The van der Waals surface area contributed by atoms with E-state index in [1.165, 1.54) is 14.7 Å². The van der Waals surface area contributed by atoms with E-state index in [1.807, 2.05) is 97.1 Å². The van der Waals surface area contributed by atoms with E-state index in [4.69, 9.17) is 0 Å². The normalized spacial score (nSPS) is 14.7. The van der Waals surface area contributed by atoms with Gasteiger partial charge in [-0.05, 0) is 155 Å². The van der Waals surface area contributed by atoms with Crippen molar-refractivity contribution < 1.29 is 38.4 Å². The molecular formula is C76H44N6O8. The fourth-order valence-electron chi connectivity index (χ4n) is 15.0. The van der Waals surface area contributed by atoms with Crippen LogP contribution in [0, 0.1) is 0 Å². The van der Waals surface area contributed by atoms with Crippen LogP contribution < -0.4 is 19.6 Å². The molecule has 18 rings (SSSR count). The molecule has 6 heterocycles. The smallest absolute Gasteiger partial charge is 0.266 e. The van der Waals surface area contributed by atoms with Gasteiger partial charge in [0, 0.05) is 67.5 Å². The Kier molecular flexibility index (Phi) is 10.3. The highest BCUT2D eigenvalue weighted by atomic mass is 16.2. The second-order valence-electron chi connectivity index (χ2n) is 23.3. The van der Waals surface area contributed by atoms with Crippen LogP contribution in [0.5, 0.6) is 0 Å². The number of carbonyl (C=O) groups is 8. The molecule has 0 aliphatic carbocycles. The molecule has 12 aromatic carbocycles. The van der Waals surface area contributed by atoms with Crippen LogP contribution in [0.2, 0.25) is 0 Å². The lowest BCUT2D eigenvalue weighted by Gasteiger charge is -2.22. The van der Waals surface area contributed by atoms with Crippen molar-refractivity contribution in [3.63, 3.8) is 0 Å². The van der Waals surface area contributed by atoms with Crippen molar-refractivity contribution in [3.8, 4) is 22.3 Å². The van der Waals surface area contributed by atoms with Gasteiger partial charge in [0.1, 0.15) is 0 Å². The number of amides is 8. The molecule has 0 unspecified atom stereocenters. The van der Waals surface area contributed by atoms with Gasteiger partial charge in [-0.3, -0.25) is 38.4 Å². The molecule has 14 nitrogen and oxygen atoms in total. The Morgan fingerprint density at radius 2 is 0.644 bits per heavy atom. The molecule has 14 aromatic rings. The minimum atomic E-state index is -0.573. The number of aryl methyl sites for hydroxylation is 2. The standard InChI is InChI=1S/C76H44N6O8/c1-3-77-59-17-7-5-11-47(59)55-37-43(25-33-61(55)77)79-69(83)49-27-21-41(35-57(49)73(79)87)46-14-10-16-54-68(46)76(90)82(72(54)86)64-32-24-40-19-29-51-63(31-23-39-20-30-52(64)66(40)65(39)51)81-70(84)50-28-22-42(36-58(50)74(81)88)45-13-9-15-53-67(45)75(89)80(71(53)85)44-26-34-62-56(38-44)48-12-6-8-18-60(48)78(62)4-2/h5-38H,3-4H2,1-2H3. The largest absolute Gasteiger partial charge is 0.341 e. The predicted octanol–water partition coefficient (Wildman–Crippen LogP) is 15.4. The number of rotatable bonds is 8. The number of carbonyl (C=O) groups excluding carboxylic acids is 8. The molecule has 4 aliphatic rings. The third-order valence-corrected chi connectivity index (χ3v) is 19.0. The number of nitrogens with zero attached hydrogens (tertiary/aromatic N) is 6. The zero-order chi connectivity index (χ0) is 60.9. The van der Waals surface area contributed by atoms with Gasteiger partial charge in [0.25, 0.3) is 47.3 Å². The first-order chi connectivity index (χ1) is 43.9. The Labute approximate surface area is 510 Å². The summed E-state index contributed by atoms with van der Waals surface area (Å²) in [5, 5.41) is 8.03. The fraction of sp³-hybridized carbons (Fsp3) is 0.0526. The van der Waals surface area contributed by atoms with E-state index >= 15 is 4.79 Å². The molecule has 4 aliphatic heterocycles. The highest BCUT2D eigenvalue weighted by Crippen LogP contribution is 2.47. The third-order valence-electron chi connectivity index (χ3n) is 19.0. The Hall–Kier alpha value is -12.2. The van der Waals surface area contributed by atoms with Crippen molar-refractivity contribution in [1.82, 2.24) is 9.13 Å². The Balaban J connectivity index is 0.662. The lowest BCUT2D eigenvalue weighted by molar-refractivity contribution is 0.0910. The molecule has 0 atom stereocenters. The molecule has 0 N–H and O–H groups in total. The number of anilines is 4. The van der Waals surface area contributed by atoms with Crippen molar-refractivity contribution in [2.75, 3.05) is 19.6 Å². The summed E-state index contributed by atoms with van der Waals surface area (Å²) >= 11 is 0. The summed E-state index contributed by atoms with van der Waals surface area (Å²) < 4.78 is 4.40. The maximum Gasteiger partial charge on any atom is 0.266 e. The number of fused-ring (bicyclic) bond motifs is 10. The summed E-state index contributed by atoms with van der Waals surface area (Å²) in [6.45, 7) is 5.63. The minimum Gasteiger partial charge on any atom is -0.341 e. The summed E-state index contributed by atoms with van der Waals surface area (Å²) in [4.78, 5) is 122. The topological polar surface area (TPSA) is 159 Å². The van der Waals surface area contributed by atoms with Gasteiger partial charge in [-0.1, -0.05) is 109 Å². The Bertz CT molecular complexity index is 5810. The average molecular weight is 1170 g/mol. The molecule has 14 heteroatoms. The van der Waals surface area contributed by atoms with E-state index in [1.54, 1.807) is 97.1 Å². The predicted molar refractivity (Wildman–Crippen MR) is 349 cm³/mol. The number of para-hydroxylation sites is 2. The lowest BCUT2D eigenvalue weighted by Crippen LogP contribution is -2.30. The van der Waals surface area contributed by atoms with Gasteiger partial charge in [-0.2, -0.15) is 0 Å². The van der Waals surface area contributed by atoms with Gasteiger partial charge in [-0.25, -0.2) is 19.6 Å². The maximum atomic E-state index is 15.1. The van der Waals surface area contributed by atoms with Crippen LogP contribution in [0.25, 0.3) is 98.2 Å². The lowest BCUT2D eigenvalue weighted by atomic mass is 9.92. The number of imide groups is 4. The van der Waals surface area contributed by atoms with Gasteiger partial charge in [0.05, 0.1) is 67.3 Å². The molecule has 90 heavy (non-hydrogen) atoms. The summed E-state index contributed by atoms with van der Waals surface area (Å²) in [5.74, 6) is -4.15. The van der Waals surface area contributed by atoms with Gasteiger partial charge < -0.3 is 9.13 Å². The van der Waals surface area contributed by atoms with Gasteiger partial charge in [-0.15, -0.1) is 0 Å². The van der Waals surface area contributed by atoms with E-state index in [9.17, 15) is 33.6 Å². The van der Waals surface area contributed by atoms with E-state index in [0.717, 1.165) is 72.4 Å². The van der Waals surface area contributed by atoms with Crippen molar-refractivity contribution in [1.29, 1.82) is 0 Å². The molecule has 2 aromatic heterocycles. The third kappa shape index (κ3) is 6.59. The quantitative estimate of drug-likeness (QED) is 0.107. The zero-order valence-electron chi connectivity index (χ0n) is 48.0. The summed E-state index contributed by atoms with van der Waals surface area (Å²) in [6.07, 6.45) is 0. The SMILES string of the molecule is CCn1c2ccccc2c2cc(N3C(=O)c4ccc(-c5cccc6c5C(=O)N(c5ccc7ccc8c(N9C(=O)c%10ccc(-c%11cccc%12c%11C(=O)N(c%11ccc%13c(c%11)c%11ccccc%11n%13CC)C%12=O)cc%10C9=O)ccc9ccc5c7c98)C6=O)cc4C3=O)ccc21. The Morgan fingerprint density at radius 3 is 1.14 bits per heavy atom. The van der Waals surface area contributed by atoms with Crippen LogP contribution in [-0.2, 0) is 13.1 Å². The number of hydrogen-bond acceptors (Lipinski definition) is 8. The van der Waals surface area contributed by atoms with Crippen LogP contribution in [0.1, 0.15) is 96.7 Å². The zero-order valence-corrected chi connectivity index (χ0v) is 48.0. The van der Waals surface area contributed by atoms with Crippen molar-refractivity contribution in [2.24, 2.45) is 0 Å². The van der Waals surface area contributed by atoms with Crippen LogP contribution >= 0.6 is 0 Å². The minimum absolute atomic E-state index is 0.131. The number of hydrogen-bond donors (Lipinski definition) is 0. The van der Waals surface area contributed by atoms with Gasteiger partial charge >= 0.3 is 0 Å². The summed E-state index contributed by atoms with van der Waals surface area (Å²) in [6, 6.07) is 61.9. The number of benzene rings is 12. The second kappa shape index (κ2) is 18.2. The molecule has 0 fully saturated rings. The molecule has 0 saturated carbocycles. The van der Waals surface area contributed by atoms with Gasteiger partial charge in [0.2, 0.25) is 0 Å². The first-order valence-corrected chi connectivity index (χ1v) is 29.7. The monoisotopic (exact) mass is 1170 g/mol. The molecule has 0 saturated heterocycles. The van der Waals surface area contributed by atoms with E-state index in [-0.39, 0.29) is 44.5 Å². The molecular weight excluding hydrogens is 1120 g/mol. The van der Waals surface area contributed by atoms with Crippen LogP contribution in [-0.4, -0.2) is 56.4 Å². The van der Waals surface area contributed by atoms with E-state index < -0.39 is 47.3 Å². The van der Waals surface area contributed by atoms with Gasteiger partial charge in [0.15, 0.2) is 0 Å². The molecule has 0 spiro atoms. The van der Waals surface area contributed by atoms with Crippen molar-refractivity contribution >= 4 is 146 Å². The molecule has 426 valence electrons. The highest BCUT2D eigenvalue weighted by Gasteiger charge is 2.44. The molecule has 0 bridgehead atoms. The van der Waals surface area contributed by atoms with Crippen LogP contribution in [0.4, 0.5) is 22.7 Å². The van der Waals surface area contributed by atoms with Crippen LogP contribution in [0.15, 0.2) is 206 Å². The first kappa shape index (κ1) is 51.1. The maximum absolute atomic E-state index is 15.1. The second-order valence-corrected chi connectivity index (χ2v) is 23.3. The summed E-state index contributed by atoms with van der Waals surface area (Å²) in [5.41, 5.74) is 8.91. The van der Waals surface area contributed by atoms with Crippen LogP contribution in [0.3, 0.4) is 0 Å². The highest BCUT2D eigenvalue weighted by molar-refractivity contribution is 6.42. The Morgan fingerprint density at radius 1 is 0.267 bits per heavy atom. The molecule has 8 amide bonds.